The van der Waals surface area contributed by atoms with Gasteiger partial charge in [0.15, 0.2) is 5.13 Å². The van der Waals surface area contributed by atoms with Gasteiger partial charge < -0.3 is 10.6 Å². The van der Waals surface area contributed by atoms with E-state index in [1.165, 1.54) is 6.07 Å². The SMILES string of the molecule is O=[N+]([O-])c1ccccc1NCCNc1ncc(C(F)(F)F)s1. The summed E-state index contributed by atoms with van der Waals surface area (Å²) in [5.74, 6) is 0. The van der Waals surface area contributed by atoms with E-state index < -0.39 is 16.0 Å². The van der Waals surface area contributed by atoms with Crippen LogP contribution in [0.25, 0.3) is 0 Å². The van der Waals surface area contributed by atoms with Crippen molar-refractivity contribution >= 4 is 27.8 Å². The Bertz CT molecular complexity index is 660. The minimum atomic E-state index is -4.40. The van der Waals surface area contributed by atoms with Gasteiger partial charge in [-0.1, -0.05) is 23.5 Å². The highest BCUT2D eigenvalue weighted by molar-refractivity contribution is 7.15. The Morgan fingerprint density at radius 2 is 1.91 bits per heavy atom. The third-order valence-electron chi connectivity index (χ3n) is 2.60. The first-order chi connectivity index (χ1) is 10.4. The van der Waals surface area contributed by atoms with Crippen molar-refractivity contribution in [2.75, 3.05) is 23.7 Å². The molecule has 0 atom stereocenters. The number of thiazole rings is 1. The molecule has 1 heterocycles. The molecule has 2 N–H and O–H groups in total. The summed E-state index contributed by atoms with van der Waals surface area (Å²) in [6.07, 6.45) is -3.64. The second-order valence-electron chi connectivity index (χ2n) is 4.16. The quantitative estimate of drug-likeness (QED) is 0.480. The van der Waals surface area contributed by atoms with Crippen LogP contribution >= 0.6 is 11.3 Å². The molecule has 0 amide bonds. The van der Waals surface area contributed by atoms with Crippen molar-refractivity contribution in [2.45, 2.75) is 6.18 Å². The Labute approximate surface area is 127 Å². The fraction of sp³-hybridized carbons (Fsp3) is 0.250. The fourth-order valence-corrected chi connectivity index (χ4v) is 2.34. The zero-order valence-electron chi connectivity index (χ0n) is 11.1. The number of rotatable bonds is 6. The molecule has 1 aromatic heterocycles. The summed E-state index contributed by atoms with van der Waals surface area (Å²) >= 11 is 0.511. The van der Waals surface area contributed by atoms with Gasteiger partial charge in [0.25, 0.3) is 5.69 Å². The van der Waals surface area contributed by atoms with E-state index in [9.17, 15) is 23.3 Å². The van der Waals surface area contributed by atoms with Crippen molar-refractivity contribution < 1.29 is 18.1 Å². The number of nitrogens with zero attached hydrogens (tertiary/aromatic N) is 2. The van der Waals surface area contributed by atoms with Crippen molar-refractivity contribution in [1.29, 1.82) is 0 Å². The van der Waals surface area contributed by atoms with Crippen LogP contribution in [0.1, 0.15) is 4.88 Å². The summed E-state index contributed by atoms with van der Waals surface area (Å²) in [6, 6.07) is 6.13. The number of nitro groups is 1. The molecule has 0 radical (unpaired) electrons. The Morgan fingerprint density at radius 3 is 2.55 bits per heavy atom. The first kappa shape index (κ1) is 16.0. The number of hydrogen-bond acceptors (Lipinski definition) is 6. The van der Waals surface area contributed by atoms with Gasteiger partial charge in [0.1, 0.15) is 10.6 Å². The molecule has 0 aliphatic rings. The number of anilines is 2. The van der Waals surface area contributed by atoms with Crippen LogP contribution in [0.2, 0.25) is 0 Å². The normalized spacial score (nSPS) is 11.2. The third kappa shape index (κ3) is 4.07. The van der Waals surface area contributed by atoms with Crippen LogP contribution in [0, 0.1) is 10.1 Å². The minimum absolute atomic E-state index is 0.0592. The molecule has 22 heavy (non-hydrogen) atoms. The second-order valence-corrected chi connectivity index (χ2v) is 5.19. The molecule has 2 aromatic rings. The average molecular weight is 332 g/mol. The van der Waals surface area contributed by atoms with E-state index in [4.69, 9.17) is 0 Å². The highest BCUT2D eigenvalue weighted by Gasteiger charge is 2.33. The van der Waals surface area contributed by atoms with E-state index >= 15 is 0 Å². The van der Waals surface area contributed by atoms with Gasteiger partial charge in [-0.2, -0.15) is 13.2 Å². The number of hydrogen-bond donors (Lipinski definition) is 2. The Kier molecular flexibility index (Phi) is 4.81. The topological polar surface area (TPSA) is 80.1 Å². The molecule has 118 valence electrons. The number of alkyl halides is 3. The lowest BCUT2D eigenvalue weighted by Gasteiger charge is -2.07. The maximum absolute atomic E-state index is 12.4. The largest absolute Gasteiger partial charge is 0.427 e. The Balaban J connectivity index is 1.85. The van der Waals surface area contributed by atoms with Crippen molar-refractivity contribution in [2.24, 2.45) is 0 Å². The van der Waals surface area contributed by atoms with E-state index in [0.717, 1.165) is 6.20 Å². The lowest BCUT2D eigenvalue weighted by molar-refractivity contribution is -0.384. The van der Waals surface area contributed by atoms with Crippen molar-refractivity contribution in [3.8, 4) is 0 Å². The van der Waals surface area contributed by atoms with Gasteiger partial charge in [-0.15, -0.1) is 0 Å². The van der Waals surface area contributed by atoms with Crippen LogP contribution in [0.15, 0.2) is 30.5 Å². The maximum atomic E-state index is 12.4. The van der Waals surface area contributed by atoms with Crippen LogP contribution < -0.4 is 10.6 Å². The Hall–Kier alpha value is -2.36. The molecule has 0 saturated carbocycles. The van der Waals surface area contributed by atoms with E-state index in [-0.39, 0.29) is 17.4 Å². The van der Waals surface area contributed by atoms with E-state index in [0.29, 0.717) is 23.6 Å². The molecular formula is C12H11F3N4O2S. The highest BCUT2D eigenvalue weighted by Crippen LogP contribution is 2.34. The molecule has 2 rings (SSSR count). The monoisotopic (exact) mass is 332 g/mol. The lowest BCUT2D eigenvalue weighted by atomic mass is 10.2. The standard InChI is InChI=1S/C12H11F3N4O2S/c13-12(14,15)10-7-18-11(22-10)17-6-5-16-8-3-1-2-4-9(8)19(20)21/h1-4,7,16H,5-6H2,(H,17,18). The summed E-state index contributed by atoms with van der Waals surface area (Å²) in [5, 5.41) is 16.5. The molecule has 10 heteroatoms. The summed E-state index contributed by atoms with van der Waals surface area (Å²) in [7, 11) is 0. The van der Waals surface area contributed by atoms with Crippen molar-refractivity contribution in [1.82, 2.24) is 4.98 Å². The number of aromatic nitrogens is 1. The smallest absolute Gasteiger partial charge is 0.378 e. The summed E-state index contributed by atoms with van der Waals surface area (Å²) < 4.78 is 37.2. The highest BCUT2D eigenvalue weighted by atomic mass is 32.1. The third-order valence-corrected chi connectivity index (χ3v) is 3.60. The van der Waals surface area contributed by atoms with E-state index in [1.807, 2.05) is 0 Å². The first-order valence-electron chi connectivity index (χ1n) is 6.12. The molecule has 0 spiro atoms. The van der Waals surface area contributed by atoms with Crippen molar-refractivity contribution in [3.63, 3.8) is 0 Å². The molecule has 0 aliphatic carbocycles. The lowest BCUT2D eigenvalue weighted by Crippen LogP contribution is -2.14. The van der Waals surface area contributed by atoms with Gasteiger partial charge in [0, 0.05) is 19.2 Å². The van der Waals surface area contributed by atoms with Gasteiger partial charge in [0.05, 0.1) is 11.1 Å². The number of halogens is 3. The first-order valence-corrected chi connectivity index (χ1v) is 6.94. The summed E-state index contributed by atoms with van der Waals surface area (Å²) in [4.78, 5) is 13.1. The van der Waals surface area contributed by atoms with Gasteiger partial charge in [-0.05, 0) is 6.07 Å². The fourth-order valence-electron chi connectivity index (χ4n) is 1.64. The minimum Gasteiger partial charge on any atom is -0.378 e. The summed E-state index contributed by atoms with van der Waals surface area (Å²) in [6.45, 7) is 0.572. The van der Waals surface area contributed by atoms with Crippen molar-refractivity contribution in [3.05, 3.63) is 45.5 Å². The predicted molar refractivity (Wildman–Crippen MR) is 77.2 cm³/mol. The number of nitro benzene ring substituents is 1. The molecule has 0 fully saturated rings. The van der Waals surface area contributed by atoms with E-state index in [1.54, 1.807) is 18.2 Å². The van der Waals surface area contributed by atoms with E-state index in [2.05, 4.69) is 15.6 Å². The van der Waals surface area contributed by atoms with Gasteiger partial charge in [-0.25, -0.2) is 4.98 Å². The number of benzene rings is 1. The molecule has 0 aliphatic heterocycles. The van der Waals surface area contributed by atoms with Crippen LogP contribution in [-0.4, -0.2) is 23.0 Å². The number of nitrogens with one attached hydrogen (secondary N) is 2. The van der Waals surface area contributed by atoms with Gasteiger partial charge in [-0.3, -0.25) is 10.1 Å². The van der Waals surface area contributed by atoms with Crippen LogP contribution in [0.3, 0.4) is 0 Å². The molecular weight excluding hydrogens is 321 g/mol. The second kappa shape index (κ2) is 6.60. The molecule has 0 saturated heterocycles. The Morgan fingerprint density at radius 1 is 1.23 bits per heavy atom. The zero-order chi connectivity index (χ0) is 16.2. The van der Waals surface area contributed by atoms with Gasteiger partial charge in [0.2, 0.25) is 0 Å². The van der Waals surface area contributed by atoms with Crippen LogP contribution in [-0.2, 0) is 6.18 Å². The molecule has 0 bridgehead atoms. The van der Waals surface area contributed by atoms with Crippen LogP contribution in [0.4, 0.5) is 29.7 Å². The molecule has 1 aromatic carbocycles. The average Bonchev–Trinajstić information content (AvgIpc) is 2.93. The molecule has 0 unspecified atom stereocenters. The molecule has 6 nitrogen and oxygen atoms in total. The summed E-state index contributed by atoms with van der Waals surface area (Å²) in [5.41, 5.74) is 0.292. The maximum Gasteiger partial charge on any atom is 0.427 e. The number of para-hydroxylation sites is 2. The zero-order valence-corrected chi connectivity index (χ0v) is 11.9. The van der Waals surface area contributed by atoms with Gasteiger partial charge >= 0.3 is 6.18 Å². The predicted octanol–water partition coefficient (Wildman–Crippen LogP) is 3.59. The van der Waals surface area contributed by atoms with Crippen LogP contribution in [0.5, 0.6) is 0 Å².